The lowest BCUT2D eigenvalue weighted by Crippen LogP contribution is -3.00. The van der Waals surface area contributed by atoms with Crippen LogP contribution in [0.2, 0.25) is 0 Å². The molecule has 0 unspecified atom stereocenters. The van der Waals surface area contributed by atoms with Crippen LogP contribution < -0.4 is 26.9 Å². The van der Waals surface area contributed by atoms with Gasteiger partial charge in [0.25, 0.3) is 5.91 Å². The predicted molar refractivity (Wildman–Crippen MR) is 103 cm³/mol. The average Bonchev–Trinajstić information content (AvgIpc) is 2.67. The molecule has 0 spiro atoms. The quantitative estimate of drug-likeness (QED) is 0.406. The fourth-order valence-electron chi connectivity index (χ4n) is 2.51. The molecule has 3 aromatic rings. The minimum atomic E-state index is -0.140. The molecule has 0 bridgehead atoms. The largest absolute Gasteiger partial charge is 1.00 e. The van der Waals surface area contributed by atoms with E-state index in [0.29, 0.717) is 17.7 Å². The summed E-state index contributed by atoms with van der Waals surface area (Å²) >= 11 is 3.37. The van der Waals surface area contributed by atoms with Crippen LogP contribution in [0.3, 0.4) is 0 Å². The summed E-state index contributed by atoms with van der Waals surface area (Å²) < 4.78 is 2.63. The number of hydrogen-bond donors (Lipinski definition) is 1. The molecule has 0 fully saturated rings. The van der Waals surface area contributed by atoms with Gasteiger partial charge >= 0.3 is 0 Å². The monoisotopic (exact) mass is 488 g/mol. The van der Waals surface area contributed by atoms with Gasteiger partial charge in [0.2, 0.25) is 12.3 Å². The Labute approximate surface area is 177 Å². The zero-order valence-electron chi connectivity index (χ0n) is 14.4. The number of pyridine rings is 1. The van der Waals surface area contributed by atoms with Crippen molar-refractivity contribution >= 4 is 27.6 Å². The van der Waals surface area contributed by atoms with Gasteiger partial charge in [-0.25, -0.2) is 0 Å². The number of carbonyl (C=O) groups is 2. The number of ketones is 1. The third-order valence-electron chi connectivity index (χ3n) is 3.92. The van der Waals surface area contributed by atoms with Gasteiger partial charge in [-0.15, -0.1) is 0 Å². The number of rotatable bonds is 6. The summed E-state index contributed by atoms with van der Waals surface area (Å²) in [6.07, 6.45) is 3.49. The molecule has 0 aliphatic heterocycles. The maximum Gasteiger partial charge on any atom is 0.252 e. The topological polar surface area (TPSA) is 50.0 Å². The Balaban J connectivity index is 0.00000261. The van der Waals surface area contributed by atoms with Crippen LogP contribution in [0.5, 0.6) is 0 Å². The van der Waals surface area contributed by atoms with Crippen molar-refractivity contribution in [1.29, 1.82) is 0 Å². The van der Waals surface area contributed by atoms with E-state index in [1.807, 2.05) is 42.5 Å². The Kier molecular flexibility index (Phi) is 7.88. The Bertz CT molecular complexity index is 913. The first-order valence-corrected chi connectivity index (χ1v) is 9.01. The van der Waals surface area contributed by atoms with Crippen molar-refractivity contribution in [3.8, 4) is 0 Å². The third-order valence-corrected chi connectivity index (χ3v) is 4.42. The lowest BCUT2D eigenvalue weighted by molar-refractivity contribution is -0.683. The van der Waals surface area contributed by atoms with Crippen molar-refractivity contribution in [2.24, 2.45) is 0 Å². The van der Waals surface area contributed by atoms with Crippen LogP contribution in [0.15, 0.2) is 83.6 Å². The van der Waals surface area contributed by atoms with Gasteiger partial charge in [-0.1, -0.05) is 58.4 Å². The van der Waals surface area contributed by atoms with Crippen molar-refractivity contribution < 1.29 is 31.1 Å². The van der Waals surface area contributed by atoms with E-state index in [1.165, 1.54) is 0 Å². The molecule has 3 rings (SSSR count). The lowest BCUT2D eigenvalue weighted by Gasteiger charge is -2.05. The highest BCUT2D eigenvalue weighted by molar-refractivity contribution is 9.10. The molecule has 0 saturated carbocycles. The number of benzene rings is 2. The van der Waals surface area contributed by atoms with Gasteiger partial charge in [-0.05, 0) is 17.7 Å². The Hall–Kier alpha value is -2.31. The minimum Gasteiger partial charge on any atom is -1.00 e. The first kappa shape index (κ1) is 21.0. The summed E-state index contributed by atoms with van der Waals surface area (Å²) in [7, 11) is 0. The van der Waals surface area contributed by atoms with Crippen LogP contribution >= 0.6 is 15.9 Å². The summed E-state index contributed by atoms with van der Waals surface area (Å²) in [6, 6.07) is 20.5. The molecule has 0 radical (unpaired) electrons. The van der Waals surface area contributed by atoms with Crippen molar-refractivity contribution in [1.82, 2.24) is 5.32 Å². The van der Waals surface area contributed by atoms with E-state index in [-0.39, 0.29) is 35.2 Å². The van der Waals surface area contributed by atoms with E-state index >= 15 is 0 Å². The molecule has 2 aromatic carbocycles. The van der Waals surface area contributed by atoms with E-state index in [2.05, 4.69) is 21.2 Å². The maximum absolute atomic E-state index is 12.3. The summed E-state index contributed by atoms with van der Waals surface area (Å²) in [5.41, 5.74) is 2.26. The third kappa shape index (κ3) is 6.12. The van der Waals surface area contributed by atoms with Crippen molar-refractivity contribution in [3.05, 3.63) is 100 Å². The highest BCUT2D eigenvalue weighted by Gasteiger charge is 2.13. The molecule has 0 aliphatic rings. The highest BCUT2D eigenvalue weighted by atomic mass is 79.9. The van der Waals surface area contributed by atoms with Gasteiger partial charge < -0.3 is 22.3 Å². The molecule has 1 heterocycles. The fourth-order valence-corrected chi connectivity index (χ4v) is 2.91. The molecular weight excluding hydrogens is 472 g/mol. The fraction of sp³-hybridized carbons (Fsp3) is 0.0952. The molecule has 0 atom stereocenters. The molecule has 138 valence electrons. The van der Waals surface area contributed by atoms with E-state index in [1.54, 1.807) is 41.2 Å². The van der Waals surface area contributed by atoms with Gasteiger partial charge in [0.1, 0.15) is 0 Å². The van der Waals surface area contributed by atoms with Crippen LogP contribution in [0.1, 0.15) is 26.3 Å². The second kappa shape index (κ2) is 10.1. The molecule has 4 nitrogen and oxygen atoms in total. The zero-order valence-corrected chi connectivity index (χ0v) is 17.6. The van der Waals surface area contributed by atoms with Crippen LogP contribution in [-0.4, -0.2) is 11.7 Å². The van der Waals surface area contributed by atoms with Gasteiger partial charge in [-0.2, -0.15) is 4.57 Å². The van der Waals surface area contributed by atoms with Crippen LogP contribution in [0.4, 0.5) is 0 Å². The van der Waals surface area contributed by atoms with Gasteiger partial charge in [-0.3, -0.25) is 9.59 Å². The van der Waals surface area contributed by atoms with Crippen molar-refractivity contribution in [2.75, 3.05) is 0 Å². The van der Waals surface area contributed by atoms with E-state index in [4.69, 9.17) is 0 Å². The molecule has 1 amide bonds. The standard InChI is InChI=1S/C21H17BrN2O2.BrH/c22-19-8-4-7-18(13-19)20(25)15-24-11-9-17(10-12-24)21(26)23-14-16-5-2-1-3-6-16;/h1-13H,14-15H2;1H. The Morgan fingerprint density at radius 2 is 1.59 bits per heavy atom. The number of aromatic nitrogens is 1. The number of nitrogens with one attached hydrogen (secondary N) is 1. The number of carbonyl (C=O) groups excluding carboxylic acids is 2. The first-order valence-electron chi connectivity index (χ1n) is 8.22. The Morgan fingerprint density at radius 3 is 2.26 bits per heavy atom. The average molecular weight is 490 g/mol. The van der Waals surface area contributed by atoms with Gasteiger partial charge in [0, 0.05) is 28.7 Å². The summed E-state index contributed by atoms with van der Waals surface area (Å²) in [5.74, 6) is -0.128. The number of hydrogen-bond acceptors (Lipinski definition) is 2. The Morgan fingerprint density at radius 1 is 0.889 bits per heavy atom. The van der Waals surface area contributed by atoms with E-state index in [9.17, 15) is 9.59 Å². The predicted octanol–water partition coefficient (Wildman–Crippen LogP) is 0.553. The highest BCUT2D eigenvalue weighted by Crippen LogP contribution is 2.12. The van der Waals surface area contributed by atoms with Gasteiger partial charge in [0.15, 0.2) is 12.4 Å². The smallest absolute Gasteiger partial charge is 0.252 e. The maximum atomic E-state index is 12.3. The normalized spacial score (nSPS) is 9.96. The summed E-state index contributed by atoms with van der Waals surface area (Å²) in [6.45, 7) is 0.707. The molecule has 0 aliphatic carbocycles. The molecule has 1 N–H and O–H groups in total. The SMILES string of the molecule is O=C(C[n+]1ccc(C(=O)NCc2ccccc2)cc1)c1cccc(Br)c1.[Br-]. The molecule has 0 saturated heterocycles. The molecular formula is C21H18Br2N2O2. The first-order chi connectivity index (χ1) is 12.6. The second-order valence-electron chi connectivity index (χ2n) is 5.86. The number of Topliss-reactive ketones (excluding diaryl/α,β-unsaturated/α-hetero) is 1. The van der Waals surface area contributed by atoms with Crippen molar-refractivity contribution in [3.63, 3.8) is 0 Å². The molecule has 6 heteroatoms. The van der Waals surface area contributed by atoms with Crippen LogP contribution in [-0.2, 0) is 13.1 Å². The minimum absolute atomic E-state index is 0. The summed E-state index contributed by atoms with van der Waals surface area (Å²) in [4.78, 5) is 24.5. The number of nitrogens with zero attached hydrogens (tertiary/aromatic N) is 1. The van der Waals surface area contributed by atoms with Gasteiger partial charge in [0.05, 0.1) is 5.56 Å². The van der Waals surface area contributed by atoms with Crippen LogP contribution in [0.25, 0.3) is 0 Å². The zero-order chi connectivity index (χ0) is 18.4. The molecule has 27 heavy (non-hydrogen) atoms. The van der Waals surface area contributed by atoms with Crippen molar-refractivity contribution in [2.45, 2.75) is 13.1 Å². The van der Waals surface area contributed by atoms with E-state index in [0.717, 1.165) is 10.0 Å². The molecule has 1 aromatic heterocycles. The van der Waals surface area contributed by atoms with E-state index < -0.39 is 0 Å². The number of amides is 1. The summed E-state index contributed by atoms with van der Waals surface area (Å²) in [5, 5.41) is 2.89. The lowest BCUT2D eigenvalue weighted by atomic mass is 10.1. The number of halogens is 2. The van der Waals surface area contributed by atoms with Crippen LogP contribution in [0, 0.1) is 0 Å². The second-order valence-corrected chi connectivity index (χ2v) is 6.78.